The second kappa shape index (κ2) is 10.5. The molecular formula is C24H28O4S. The van der Waals surface area contributed by atoms with Crippen LogP contribution in [0.4, 0.5) is 0 Å². The number of aliphatic hydroxyl groups is 2. The highest BCUT2D eigenvalue weighted by atomic mass is 32.2. The summed E-state index contributed by atoms with van der Waals surface area (Å²) < 4.78 is 12.0. The molecule has 3 aromatic rings. The average Bonchev–Trinajstić information content (AvgIpc) is 2.76. The Morgan fingerprint density at radius 1 is 0.759 bits per heavy atom. The van der Waals surface area contributed by atoms with Crippen LogP contribution in [0.1, 0.15) is 26.7 Å². The Kier molecular flexibility index (Phi) is 7.81. The van der Waals surface area contributed by atoms with Gasteiger partial charge in [0.05, 0.1) is 17.1 Å². The molecule has 0 saturated heterocycles. The van der Waals surface area contributed by atoms with E-state index in [0.29, 0.717) is 18.6 Å². The van der Waals surface area contributed by atoms with E-state index in [9.17, 15) is 10.2 Å². The molecule has 0 aliphatic heterocycles. The van der Waals surface area contributed by atoms with Gasteiger partial charge >= 0.3 is 0 Å². The highest BCUT2D eigenvalue weighted by Crippen LogP contribution is 2.42. The summed E-state index contributed by atoms with van der Waals surface area (Å²) >= 11 is 1.63. The Hall–Kier alpha value is -2.21. The van der Waals surface area contributed by atoms with Crippen LogP contribution in [0.15, 0.2) is 70.5 Å². The third-order valence-corrected chi connectivity index (χ3v) is 5.75. The number of aliphatic hydroxyl groups excluding tert-OH is 2. The molecule has 0 fully saturated rings. The minimum absolute atomic E-state index is 0.234. The summed E-state index contributed by atoms with van der Waals surface area (Å²) in [5.41, 5.74) is 0. The van der Waals surface area contributed by atoms with E-state index >= 15 is 0 Å². The van der Waals surface area contributed by atoms with Crippen molar-refractivity contribution >= 4 is 22.5 Å². The first-order valence-electron chi connectivity index (χ1n) is 10.0. The standard InChI is InChI=1S/C24H28O4S/c1-3-17(25)15-27-22-12-8-11-21-20(22)13-14-23(24(21)28-16-18(26)4-2)29-19-9-6-5-7-10-19/h5-14,17-18,25-26H,3-4,15-16H2,1-2H3. The summed E-state index contributed by atoms with van der Waals surface area (Å²) in [5, 5.41) is 21.7. The lowest BCUT2D eigenvalue weighted by Crippen LogP contribution is -2.17. The van der Waals surface area contributed by atoms with Crippen molar-refractivity contribution in [1.29, 1.82) is 0 Å². The molecule has 0 saturated carbocycles. The smallest absolute Gasteiger partial charge is 0.141 e. The van der Waals surface area contributed by atoms with Crippen LogP contribution in [-0.2, 0) is 0 Å². The van der Waals surface area contributed by atoms with E-state index < -0.39 is 12.2 Å². The topological polar surface area (TPSA) is 58.9 Å². The van der Waals surface area contributed by atoms with E-state index in [1.54, 1.807) is 11.8 Å². The van der Waals surface area contributed by atoms with Gasteiger partial charge in [-0.15, -0.1) is 0 Å². The highest BCUT2D eigenvalue weighted by molar-refractivity contribution is 7.99. The lowest BCUT2D eigenvalue weighted by atomic mass is 10.1. The van der Waals surface area contributed by atoms with Crippen LogP contribution in [0.2, 0.25) is 0 Å². The van der Waals surface area contributed by atoms with Gasteiger partial charge in [-0.3, -0.25) is 0 Å². The van der Waals surface area contributed by atoms with Gasteiger partial charge in [0.1, 0.15) is 24.7 Å². The highest BCUT2D eigenvalue weighted by Gasteiger charge is 2.15. The molecule has 2 atom stereocenters. The third-order valence-electron chi connectivity index (χ3n) is 4.70. The van der Waals surface area contributed by atoms with Crippen molar-refractivity contribution in [2.45, 2.75) is 48.7 Å². The van der Waals surface area contributed by atoms with Crippen LogP contribution in [-0.4, -0.2) is 35.6 Å². The Balaban J connectivity index is 1.98. The molecule has 154 valence electrons. The summed E-state index contributed by atoms with van der Waals surface area (Å²) in [4.78, 5) is 2.10. The summed E-state index contributed by atoms with van der Waals surface area (Å²) in [5.74, 6) is 1.46. The zero-order chi connectivity index (χ0) is 20.6. The van der Waals surface area contributed by atoms with Crippen molar-refractivity contribution in [1.82, 2.24) is 0 Å². The summed E-state index contributed by atoms with van der Waals surface area (Å²) in [6.07, 6.45) is 0.272. The number of hydrogen-bond acceptors (Lipinski definition) is 5. The maximum atomic E-state index is 10.0. The number of fused-ring (bicyclic) bond motifs is 1. The minimum atomic E-state index is -0.515. The number of benzene rings is 3. The fraction of sp³-hybridized carbons (Fsp3) is 0.333. The third kappa shape index (κ3) is 5.66. The van der Waals surface area contributed by atoms with Gasteiger partial charge in [-0.25, -0.2) is 0 Å². The monoisotopic (exact) mass is 412 g/mol. The number of hydrogen-bond donors (Lipinski definition) is 2. The summed E-state index contributed by atoms with van der Waals surface area (Å²) in [6.45, 7) is 4.34. The van der Waals surface area contributed by atoms with Crippen LogP contribution >= 0.6 is 11.8 Å². The molecule has 3 aromatic carbocycles. The van der Waals surface area contributed by atoms with Crippen LogP contribution in [0.25, 0.3) is 10.8 Å². The fourth-order valence-corrected chi connectivity index (χ4v) is 3.80. The van der Waals surface area contributed by atoms with Crippen molar-refractivity contribution in [2.75, 3.05) is 13.2 Å². The van der Waals surface area contributed by atoms with Gasteiger partial charge in [0.25, 0.3) is 0 Å². The molecule has 0 amide bonds. The van der Waals surface area contributed by atoms with Crippen molar-refractivity contribution in [3.8, 4) is 11.5 Å². The molecule has 2 N–H and O–H groups in total. The Morgan fingerprint density at radius 2 is 1.45 bits per heavy atom. The first-order valence-corrected chi connectivity index (χ1v) is 10.8. The van der Waals surface area contributed by atoms with Crippen molar-refractivity contribution in [3.63, 3.8) is 0 Å². The zero-order valence-corrected chi connectivity index (χ0v) is 17.7. The molecule has 2 unspecified atom stereocenters. The zero-order valence-electron chi connectivity index (χ0n) is 16.9. The van der Waals surface area contributed by atoms with Crippen LogP contribution in [0.5, 0.6) is 11.5 Å². The van der Waals surface area contributed by atoms with Gasteiger partial charge in [0.15, 0.2) is 0 Å². The number of rotatable bonds is 10. The Labute approximate surface area is 176 Å². The van der Waals surface area contributed by atoms with E-state index in [4.69, 9.17) is 9.47 Å². The molecule has 0 aliphatic carbocycles. The first-order chi connectivity index (χ1) is 14.1. The van der Waals surface area contributed by atoms with Gasteiger partial charge < -0.3 is 19.7 Å². The molecule has 29 heavy (non-hydrogen) atoms. The molecule has 5 heteroatoms. The van der Waals surface area contributed by atoms with E-state index in [1.807, 2.05) is 62.4 Å². The first kappa shape index (κ1) is 21.5. The summed E-state index contributed by atoms with van der Waals surface area (Å²) in [7, 11) is 0. The maximum Gasteiger partial charge on any atom is 0.141 e. The Morgan fingerprint density at radius 3 is 2.14 bits per heavy atom. The summed E-state index contributed by atoms with van der Waals surface area (Å²) in [6, 6.07) is 20.0. The molecule has 3 rings (SSSR count). The lowest BCUT2D eigenvalue weighted by molar-refractivity contribution is 0.103. The molecule has 0 spiro atoms. The predicted octanol–water partition coefficient (Wildman–Crippen LogP) is 5.29. The molecule has 0 aromatic heterocycles. The molecule has 0 bridgehead atoms. The second-order valence-corrected chi connectivity index (χ2v) is 8.02. The SMILES string of the molecule is CCC(O)COc1cccc2c(OCC(O)CC)c(Sc3ccccc3)ccc12. The molecule has 0 aliphatic rings. The normalized spacial score (nSPS) is 13.2. The molecule has 0 heterocycles. The van der Waals surface area contributed by atoms with Gasteiger partial charge in [-0.2, -0.15) is 0 Å². The van der Waals surface area contributed by atoms with Gasteiger partial charge in [-0.05, 0) is 43.2 Å². The van der Waals surface area contributed by atoms with E-state index in [0.717, 1.165) is 26.3 Å². The van der Waals surface area contributed by atoms with Crippen molar-refractivity contribution < 1.29 is 19.7 Å². The predicted molar refractivity (Wildman–Crippen MR) is 118 cm³/mol. The van der Waals surface area contributed by atoms with Crippen LogP contribution in [0.3, 0.4) is 0 Å². The van der Waals surface area contributed by atoms with Gasteiger partial charge in [0, 0.05) is 15.7 Å². The second-order valence-electron chi connectivity index (χ2n) is 6.91. The fourth-order valence-electron chi connectivity index (χ4n) is 2.85. The van der Waals surface area contributed by atoms with E-state index in [2.05, 4.69) is 12.1 Å². The maximum absolute atomic E-state index is 10.0. The van der Waals surface area contributed by atoms with Gasteiger partial charge in [-0.1, -0.05) is 55.9 Å². The van der Waals surface area contributed by atoms with E-state index in [-0.39, 0.29) is 13.2 Å². The van der Waals surface area contributed by atoms with Crippen LogP contribution < -0.4 is 9.47 Å². The van der Waals surface area contributed by atoms with Crippen molar-refractivity contribution in [2.24, 2.45) is 0 Å². The number of ether oxygens (including phenoxy) is 2. The van der Waals surface area contributed by atoms with E-state index in [1.165, 1.54) is 0 Å². The average molecular weight is 413 g/mol. The van der Waals surface area contributed by atoms with Crippen molar-refractivity contribution in [3.05, 3.63) is 60.7 Å². The molecular weight excluding hydrogens is 384 g/mol. The Bertz CT molecular complexity index is 913. The van der Waals surface area contributed by atoms with Crippen LogP contribution in [0, 0.1) is 0 Å². The lowest BCUT2D eigenvalue weighted by Gasteiger charge is -2.18. The quantitative estimate of drug-likeness (QED) is 0.474. The largest absolute Gasteiger partial charge is 0.490 e. The molecule has 0 radical (unpaired) electrons. The minimum Gasteiger partial charge on any atom is -0.490 e. The molecule has 4 nitrogen and oxygen atoms in total. The van der Waals surface area contributed by atoms with Gasteiger partial charge in [0.2, 0.25) is 0 Å².